The molecule has 3 aromatic rings. The molecular weight excluding hydrogens is 280 g/mol. The van der Waals surface area contributed by atoms with Gasteiger partial charge in [0.15, 0.2) is 0 Å². The zero-order valence-electron chi connectivity index (χ0n) is 12.2. The third-order valence-electron chi connectivity index (χ3n) is 3.24. The van der Waals surface area contributed by atoms with Crippen molar-refractivity contribution < 1.29 is 9.53 Å². The number of aryl methyl sites for hydroxylation is 1. The fourth-order valence-electron chi connectivity index (χ4n) is 1.99. The van der Waals surface area contributed by atoms with Gasteiger partial charge < -0.3 is 4.74 Å². The number of nitrogens with zero attached hydrogens (tertiary/aromatic N) is 4. The number of ether oxygens (including phenoxy) is 1. The zero-order valence-corrected chi connectivity index (χ0v) is 12.2. The molecule has 0 unspecified atom stereocenters. The predicted molar refractivity (Wildman–Crippen MR) is 80.7 cm³/mol. The molecule has 0 amide bonds. The number of benzene rings is 2. The number of carbonyl (C=O) groups excluding carboxylic acids is 1. The third-order valence-corrected chi connectivity index (χ3v) is 3.24. The first kappa shape index (κ1) is 13.9. The van der Waals surface area contributed by atoms with E-state index in [9.17, 15) is 4.79 Å². The molecule has 6 heteroatoms. The van der Waals surface area contributed by atoms with Crippen molar-refractivity contribution in [1.82, 2.24) is 20.2 Å². The minimum Gasteiger partial charge on any atom is -0.465 e. The van der Waals surface area contributed by atoms with E-state index < -0.39 is 0 Å². The molecule has 0 aliphatic heterocycles. The van der Waals surface area contributed by atoms with Crippen molar-refractivity contribution in [3.05, 3.63) is 59.7 Å². The molecule has 6 nitrogen and oxygen atoms in total. The van der Waals surface area contributed by atoms with E-state index in [2.05, 4.69) is 20.1 Å². The minimum absolute atomic E-state index is 0.372. The molecule has 0 saturated carbocycles. The molecule has 1 aromatic heterocycles. The smallest absolute Gasteiger partial charge is 0.337 e. The zero-order chi connectivity index (χ0) is 15.5. The van der Waals surface area contributed by atoms with Crippen LogP contribution < -0.4 is 0 Å². The number of tetrazole rings is 1. The summed E-state index contributed by atoms with van der Waals surface area (Å²) in [5.41, 5.74) is 3.28. The summed E-state index contributed by atoms with van der Waals surface area (Å²) in [7, 11) is 1.35. The van der Waals surface area contributed by atoms with Gasteiger partial charge >= 0.3 is 5.97 Å². The maximum atomic E-state index is 11.4. The van der Waals surface area contributed by atoms with E-state index in [0.717, 1.165) is 11.3 Å². The maximum absolute atomic E-state index is 11.4. The lowest BCUT2D eigenvalue weighted by molar-refractivity contribution is 0.0601. The van der Waals surface area contributed by atoms with Crippen molar-refractivity contribution in [3.63, 3.8) is 0 Å². The molecule has 22 heavy (non-hydrogen) atoms. The molecule has 0 fully saturated rings. The second-order valence-corrected chi connectivity index (χ2v) is 4.81. The van der Waals surface area contributed by atoms with Crippen molar-refractivity contribution in [3.8, 4) is 17.1 Å². The summed E-state index contributed by atoms with van der Waals surface area (Å²) in [5.74, 6) is 0.125. The Hall–Kier alpha value is -3.02. The number of methoxy groups -OCH3 is 1. The normalized spacial score (nSPS) is 10.5. The summed E-state index contributed by atoms with van der Waals surface area (Å²) in [4.78, 5) is 12.9. The van der Waals surface area contributed by atoms with Crippen LogP contribution in [0.2, 0.25) is 0 Å². The highest BCUT2D eigenvalue weighted by Crippen LogP contribution is 2.16. The molecule has 0 bridgehead atoms. The number of esters is 1. The van der Waals surface area contributed by atoms with Gasteiger partial charge in [0.2, 0.25) is 5.82 Å². The quantitative estimate of drug-likeness (QED) is 0.694. The van der Waals surface area contributed by atoms with Crippen LogP contribution in [0.15, 0.2) is 48.5 Å². The summed E-state index contributed by atoms with van der Waals surface area (Å²) in [6.07, 6.45) is 0. The first-order valence-corrected chi connectivity index (χ1v) is 6.73. The number of hydrogen-bond donors (Lipinski definition) is 0. The van der Waals surface area contributed by atoms with Crippen molar-refractivity contribution in [2.45, 2.75) is 6.92 Å². The lowest BCUT2D eigenvalue weighted by Gasteiger charge is -2.00. The van der Waals surface area contributed by atoms with Crippen molar-refractivity contribution in [1.29, 1.82) is 0 Å². The van der Waals surface area contributed by atoms with Gasteiger partial charge in [-0.25, -0.2) is 4.79 Å². The van der Waals surface area contributed by atoms with Crippen LogP contribution in [0.25, 0.3) is 17.1 Å². The Morgan fingerprint density at radius 1 is 1.05 bits per heavy atom. The summed E-state index contributed by atoms with van der Waals surface area (Å²) in [5, 5.41) is 12.4. The van der Waals surface area contributed by atoms with Gasteiger partial charge in [0.1, 0.15) is 0 Å². The predicted octanol–water partition coefficient (Wildman–Crippen LogP) is 2.42. The maximum Gasteiger partial charge on any atom is 0.337 e. The summed E-state index contributed by atoms with van der Waals surface area (Å²) in [6, 6.07) is 14.7. The van der Waals surface area contributed by atoms with E-state index in [1.807, 2.05) is 31.2 Å². The monoisotopic (exact) mass is 294 g/mol. The molecule has 0 saturated heterocycles. The Balaban J connectivity index is 1.87. The molecule has 1 heterocycles. The van der Waals surface area contributed by atoms with E-state index in [1.165, 1.54) is 17.5 Å². The average molecular weight is 294 g/mol. The second-order valence-electron chi connectivity index (χ2n) is 4.81. The molecule has 0 radical (unpaired) electrons. The lowest BCUT2D eigenvalue weighted by atomic mass is 10.1. The molecule has 2 aromatic carbocycles. The van der Waals surface area contributed by atoms with Gasteiger partial charge in [0, 0.05) is 5.56 Å². The van der Waals surface area contributed by atoms with Gasteiger partial charge in [-0.1, -0.05) is 29.8 Å². The molecular formula is C16H14N4O2. The fraction of sp³-hybridized carbons (Fsp3) is 0.125. The highest BCUT2D eigenvalue weighted by molar-refractivity contribution is 5.89. The van der Waals surface area contributed by atoms with Crippen LogP contribution in [0, 0.1) is 6.92 Å². The Morgan fingerprint density at radius 3 is 2.36 bits per heavy atom. The largest absolute Gasteiger partial charge is 0.465 e. The second kappa shape index (κ2) is 5.77. The van der Waals surface area contributed by atoms with Crippen LogP contribution in [-0.4, -0.2) is 33.3 Å². The number of aromatic nitrogens is 4. The van der Waals surface area contributed by atoms with Crippen LogP contribution in [0.1, 0.15) is 15.9 Å². The van der Waals surface area contributed by atoms with Gasteiger partial charge in [-0.05, 0) is 36.4 Å². The Labute approximate surface area is 127 Å². The molecule has 0 spiro atoms. The Morgan fingerprint density at radius 2 is 1.73 bits per heavy atom. The van der Waals surface area contributed by atoms with Crippen LogP contribution in [0.5, 0.6) is 0 Å². The lowest BCUT2D eigenvalue weighted by Crippen LogP contribution is -2.00. The van der Waals surface area contributed by atoms with Crippen molar-refractivity contribution >= 4 is 5.97 Å². The van der Waals surface area contributed by atoms with Crippen molar-refractivity contribution in [2.24, 2.45) is 0 Å². The Bertz CT molecular complexity index is 792. The summed E-state index contributed by atoms with van der Waals surface area (Å²) in [6.45, 7) is 2.02. The highest BCUT2D eigenvalue weighted by atomic mass is 16.5. The standard InChI is InChI=1S/C16H14N4O2/c1-11-3-9-14(10-4-11)20-18-15(17-19-20)12-5-7-13(8-6-12)16(21)22-2/h3-10H,1-2H3. The number of carbonyl (C=O) groups is 1. The number of rotatable bonds is 3. The van der Waals surface area contributed by atoms with E-state index in [1.54, 1.807) is 24.3 Å². The molecule has 0 N–H and O–H groups in total. The first-order valence-electron chi connectivity index (χ1n) is 6.73. The van der Waals surface area contributed by atoms with E-state index in [-0.39, 0.29) is 5.97 Å². The van der Waals surface area contributed by atoms with Crippen LogP contribution in [0.4, 0.5) is 0 Å². The molecule has 0 aliphatic carbocycles. The Kier molecular flexibility index (Phi) is 3.65. The average Bonchev–Trinajstić information content (AvgIpc) is 3.05. The van der Waals surface area contributed by atoms with Gasteiger partial charge in [0.25, 0.3) is 0 Å². The highest BCUT2D eigenvalue weighted by Gasteiger charge is 2.09. The van der Waals surface area contributed by atoms with Gasteiger partial charge in [-0.2, -0.15) is 0 Å². The van der Waals surface area contributed by atoms with Gasteiger partial charge in [-0.15, -0.1) is 15.0 Å². The van der Waals surface area contributed by atoms with Gasteiger partial charge in [0.05, 0.1) is 18.4 Å². The minimum atomic E-state index is -0.372. The summed E-state index contributed by atoms with van der Waals surface area (Å²) >= 11 is 0. The topological polar surface area (TPSA) is 69.9 Å². The fourth-order valence-corrected chi connectivity index (χ4v) is 1.99. The first-order chi connectivity index (χ1) is 10.7. The van der Waals surface area contributed by atoms with Crippen LogP contribution >= 0.6 is 0 Å². The van der Waals surface area contributed by atoms with E-state index >= 15 is 0 Å². The van der Waals surface area contributed by atoms with E-state index in [0.29, 0.717) is 11.4 Å². The van der Waals surface area contributed by atoms with Crippen molar-refractivity contribution in [2.75, 3.05) is 7.11 Å². The molecule has 0 aliphatic rings. The van der Waals surface area contributed by atoms with Crippen LogP contribution in [0.3, 0.4) is 0 Å². The summed E-state index contributed by atoms with van der Waals surface area (Å²) < 4.78 is 4.67. The number of hydrogen-bond acceptors (Lipinski definition) is 5. The SMILES string of the molecule is COC(=O)c1ccc(-c2nnn(-c3ccc(C)cc3)n2)cc1. The van der Waals surface area contributed by atoms with Crippen LogP contribution in [-0.2, 0) is 4.74 Å². The molecule has 3 rings (SSSR count). The van der Waals surface area contributed by atoms with E-state index in [4.69, 9.17) is 0 Å². The van der Waals surface area contributed by atoms with Gasteiger partial charge in [-0.3, -0.25) is 0 Å². The third kappa shape index (κ3) is 2.71. The molecule has 110 valence electrons. The molecule has 0 atom stereocenters.